The Bertz CT molecular complexity index is 739. The van der Waals surface area contributed by atoms with Gasteiger partial charge in [0.05, 0.1) is 15.5 Å². The van der Waals surface area contributed by atoms with Crippen molar-refractivity contribution in [3.8, 4) is 0 Å². The van der Waals surface area contributed by atoms with E-state index in [1.807, 2.05) is 0 Å². The fourth-order valence-electron chi connectivity index (χ4n) is 1.64. The van der Waals surface area contributed by atoms with E-state index in [4.69, 9.17) is 11.6 Å². The quantitative estimate of drug-likeness (QED) is 0.640. The Balaban J connectivity index is 2.41. The summed E-state index contributed by atoms with van der Waals surface area (Å²) < 4.78 is 14.3. The second-order valence-electron chi connectivity index (χ2n) is 3.97. The Morgan fingerprint density at radius 3 is 2.71 bits per heavy atom. The summed E-state index contributed by atoms with van der Waals surface area (Å²) in [6.07, 6.45) is 0. The van der Waals surface area contributed by atoms with Crippen LogP contribution in [0.2, 0.25) is 5.02 Å². The summed E-state index contributed by atoms with van der Waals surface area (Å²) in [7, 11) is 0. The fraction of sp³-hybridized carbons (Fsp3) is 0. The number of anilines is 1. The zero-order valence-electron chi connectivity index (χ0n) is 10.3. The molecule has 0 unspecified atom stereocenters. The van der Waals surface area contributed by atoms with E-state index in [2.05, 4.69) is 21.2 Å². The van der Waals surface area contributed by atoms with Crippen LogP contribution >= 0.6 is 27.5 Å². The van der Waals surface area contributed by atoms with Gasteiger partial charge in [0.2, 0.25) is 0 Å². The molecule has 0 fully saturated rings. The Kier molecular flexibility index (Phi) is 4.54. The first-order valence-electron chi connectivity index (χ1n) is 5.59. The number of carbonyl (C=O) groups is 1. The summed E-state index contributed by atoms with van der Waals surface area (Å²) in [6.45, 7) is 0. The van der Waals surface area contributed by atoms with E-state index in [9.17, 15) is 19.3 Å². The highest BCUT2D eigenvalue weighted by molar-refractivity contribution is 9.10. The second kappa shape index (κ2) is 6.19. The third kappa shape index (κ3) is 3.37. The number of amides is 1. The SMILES string of the molecule is O=C(Nc1c(F)cccc1[N+](=O)[O-])c1cc(Br)ccc1Cl. The Hall–Kier alpha value is -1.99. The van der Waals surface area contributed by atoms with Crippen LogP contribution in [0.15, 0.2) is 40.9 Å². The highest BCUT2D eigenvalue weighted by Gasteiger charge is 2.21. The van der Waals surface area contributed by atoms with E-state index in [-0.39, 0.29) is 10.6 Å². The van der Waals surface area contributed by atoms with Gasteiger partial charge in [0.15, 0.2) is 11.5 Å². The molecule has 0 aromatic heterocycles. The Labute approximate surface area is 132 Å². The summed E-state index contributed by atoms with van der Waals surface area (Å²) in [5.74, 6) is -1.64. The molecule has 2 rings (SSSR count). The minimum absolute atomic E-state index is 0.0728. The number of rotatable bonds is 3. The predicted molar refractivity (Wildman–Crippen MR) is 80.2 cm³/mol. The van der Waals surface area contributed by atoms with Crippen LogP contribution < -0.4 is 5.32 Å². The maximum atomic E-state index is 13.7. The van der Waals surface area contributed by atoms with E-state index < -0.39 is 28.0 Å². The van der Waals surface area contributed by atoms with Gasteiger partial charge in [-0.15, -0.1) is 0 Å². The minimum atomic E-state index is -0.899. The first-order valence-corrected chi connectivity index (χ1v) is 6.76. The van der Waals surface area contributed by atoms with Crippen molar-refractivity contribution < 1.29 is 14.1 Å². The minimum Gasteiger partial charge on any atom is -0.314 e. The molecule has 2 aromatic rings. The third-order valence-electron chi connectivity index (χ3n) is 2.60. The summed E-state index contributed by atoms with van der Waals surface area (Å²) in [5, 5.41) is 13.2. The molecule has 0 radical (unpaired) electrons. The van der Waals surface area contributed by atoms with Crippen molar-refractivity contribution in [1.29, 1.82) is 0 Å². The van der Waals surface area contributed by atoms with Gasteiger partial charge in [0.1, 0.15) is 0 Å². The zero-order valence-corrected chi connectivity index (χ0v) is 12.6. The molecule has 0 aliphatic carbocycles. The molecule has 0 bridgehead atoms. The van der Waals surface area contributed by atoms with Crippen molar-refractivity contribution in [3.63, 3.8) is 0 Å². The molecule has 21 heavy (non-hydrogen) atoms. The number of hydrogen-bond acceptors (Lipinski definition) is 3. The van der Waals surface area contributed by atoms with E-state index in [1.54, 1.807) is 6.07 Å². The van der Waals surface area contributed by atoms with Crippen LogP contribution in [-0.4, -0.2) is 10.8 Å². The molecule has 2 aromatic carbocycles. The fourth-order valence-corrected chi connectivity index (χ4v) is 2.21. The van der Waals surface area contributed by atoms with Crippen LogP contribution in [0.1, 0.15) is 10.4 Å². The van der Waals surface area contributed by atoms with Gasteiger partial charge in [-0.2, -0.15) is 0 Å². The third-order valence-corrected chi connectivity index (χ3v) is 3.42. The lowest BCUT2D eigenvalue weighted by molar-refractivity contribution is -0.384. The largest absolute Gasteiger partial charge is 0.314 e. The summed E-state index contributed by atoms with van der Waals surface area (Å²) >= 11 is 9.07. The molecule has 0 saturated carbocycles. The normalized spacial score (nSPS) is 10.2. The molecule has 5 nitrogen and oxygen atoms in total. The van der Waals surface area contributed by atoms with Gasteiger partial charge in [-0.05, 0) is 24.3 Å². The number of benzene rings is 2. The summed E-state index contributed by atoms with van der Waals surface area (Å²) in [6, 6.07) is 7.85. The van der Waals surface area contributed by atoms with Crippen LogP contribution in [0, 0.1) is 15.9 Å². The van der Waals surface area contributed by atoms with Gasteiger partial charge in [0, 0.05) is 10.5 Å². The molecule has 0 spiro atoms. The standard InChI is InChI=1S/C13H7BrClFN2O3/c14-7-4-5-9(15)8(6-7)13(19)17-12-10(16)2-1-3-11(12)18(20)21/h1-6H,(H,17,19). The van der Waals surface area contributed by atoms with Crippen LogP contribution in [0.4, 0.5) is 15.8 Å². The summed E-state index contributed by atoms with van der Waals surface area (Å²) in [5.41, 5.74) is -0.957. The van der Waals surface area contributed by atoms with Crippen molar-refractivity contribution in [2.24, 2.45) is 0 Å². The highest BCUT2D eigenvalue weighted by atomic mass is 79.9. The number of carbonyl (C=O) groups excluding carboxylic acids is 1. The van der Waals surface area contributed by atoms with Gasteiger partial charge < -0.3 is 5.32 Å². The van der Waals surface area contributed by atoms with Gasteiger partial charge >= 0.3 is 0 Å². The molecule has 0 heterocycles. The van der Waals surface area contributed by atoms with E-state index in [0.29, 0.717) is 4.47 Å². The van der Waals surface area contributed by atoms with Crippen molar-refractivity contribution in [3.05, 3.63) is 67.4 Å². The van der Waals surface area contributed by atoms with Crippen LogP contribution in [0.3, 0.4) is 0 Å². The average molecular weight is 374 g/mol. The summed E-state index contributed by atoms with van der Waals surface area (Å²) in [4.78, 5) is 22.2. The Morgan fingerprint density at radius 2 is 2.05 bits per heavy atom. The van der Waals surface area contributed by atoms with Crippen molar-refractivity contribution in [2.45, 2.75) is 0 Å². The number of halogens is 3. The lowest BCUT2D eigenvalue weighted by Gasteiger charge is -2.08. The van der Waals surface area contributed by atoms with Crippen molar-refractivity contribution in [1.82, 2.24) is 0 Å². The number of nitro groups is 1. The molecule has 1 N–H and O–H groups in total. The first-order chi connectivity index (χ1) is 9.90. The molecule has 108 valence electrons. The van der Waals surface area contributed by atoms with Gasteiger partial charge in [-0.3, -0.25) is 14.9 Å². The molecular formula is C13H7BrClFN2O3. The monoisotopic (exact) mass is 372 g/mol. The maximum absolute atomic E-state index is 13.7. The lowest BCUT2D eigenvalue weighted by Crippen LogP contribution is -2.15. The number of nitrogens with one attached hydrogen (secondary N) is 1. The second-order valence-corrected chi connectivity index (χ2v) is 5.29. The molecule has 8 heteroatoms. The molecule has 0 aliphatic heterocycles. The van der Waals surface area contributed by atoms with E-state index in [0.717, 1.165) is 12.1 Å². The average Bonchev–Trinajstić information content (AvgIpc) is 2.43. The molecular weight excluding hydrogens is 367 g/mol. The first kappa shape index (κ1) is 15.4. The Morgan fingerprint density at radius 1 is 1.33 bits per heavy atom. The van der Waals surface area contributed by atoms with Crippen LogP contribution in [0.5, 0.6) is 0 Å². The zero-order chi connectivity index (χ0) is 15.6. The lowest BCUT2D eigenvalue weighted by atomic mass is 10.2. The topological polar surface area (TPSA) is 72.2 Å². The maximum Gasteiger partial charge on any atom is 0.295 e. The molecule has 0 atom stereocenters. The number of nitro benzene ring substituents is 1. The smallest absolute Gasteiger partial charge is 0.295 e. The molecule has 0 aliphatic rings. The van der Waals surface area contributed by atoms with Crippen molar-refractivity contribution in [2.75, 3.05) is 5.32 Å². The molecule has 1 amide bonds. The number of para-hydroxylation sites is 1. The van der Waals surface area contributed by atoms with Gasteiger partial charge in [-0.25, -0.2) is 4.39 Å². The van der Waals surface area contributed by atoms with Gasteiger partial charge in [0.25, 0.3) is 11.6 Å². The van der Waals surface area contributed by atoms with Crippen LogP contribution in [-0.2, 0) is 0 Å². The van der Waals surface area contributed by atoms with E-state index in [1.165, 1.54) is 18.2 Å². The van der Waals surface area contributed by atoms with Crippen LogP contribution in [0.25, 0.3) is 0 Å². The number of hydrogen-bond donors (Lipinski definition) is 1. The molecule has 0 saturated heterocycles. The van der Waals surface area contributed by atoms with Gasteiger partial charge in [-0.1, -0.05) is 33.6 Å². The highest BCUT2D eigenvalue weighted by Crippen LogP contribution is 2.29. The number of nitrogens with zero attached hydrogens (tertiary/aromatic N) is 1. The predicted octanol–water partition coefficient (Wildman–Crippen LogP) is 4.40. The van der Waals surface area contributed by atoms with Crippen molar-refractivity contribution >= 4 is 44.8 Å². The van der Waals surface area contributed by atoms with E-state index >= 15 is 0 Å².